The number of hydrogen-bond donors (Lipinski definition) is 2. The second kappa shape index (κ2) is 7.49. The summed E-state index contributed by atoms with van der Waals surface area (Å²) in [6.07, 6.45) is 2.22. The topological polar surface area (TPSA) is 84.2 Å². The fourth-order valence-corrected chi connectivity index (χ4v) is 3.19. The van der Waals surface area contributed by atoms with Gasteiger partial charge in [0.2, 0.25) is 0 Å². The first-order valence-corrected chi connectivity index (χ1v) is 8.39. The summed E-state index contributed by atoms with van der Waals surface area (Å²) in [5.41, 5.74) is 7.73. The van der Waals surface area contributed by atoms with Gasteiger partial charge in [-0.2, -0.15) is 5.10 Å². The van der Waals surface area contributed by atoms with Gasteiger partial charge < -0.3 is 10.5 Å². The number of nitrogens with two attached hydrogens (primary N) is 1. The van der Waals surface area contributed by atoms with Crippen LogP contribution in [0.4, 0.5) is 0 Å². The summed E-state index contributed by atoms with van der Waals surface area (Å²) in [5.74, 6) is 0.820. The molecule has 0 bridgehead atoms. The minimum absolute atomic E-state index is 0.310. The SMILES string of the molecule is Cc1ccccc1OCCN1CCCC(c2cc(C(N)=O)n[nH]2)C1. The number of H-pyrrole nitrogens is 1. The molecule has 0 saturated carbocycles. The van der Waals surface area contributed by atoms with Gasteiger partial charge in [-0.1, -0.05) is 18.2 Å². The van der Waals surface area contributed by atoms with Gasteiger partial charge in [0.1, 0.15) is 18.1 Å². The van der Waals surface area contributed by atoms with E-state index in [4.69, 9.17) is 10.5 Å². The zero-order chi connectivity index (χ0) is 16.9. The number of benzene rings is 1. The molecule has 1 unspecified atom stereocenters. The Morgan fingerprint density at radius 2 is 2.29 bits per heavy atom. The molecule has 1 aromatic heterocycles. The van der Waals surface area contributed by atoms with Gasteiger partial charge in [0, 0.05) is 24.7 Å². The summed E-state index contributed by atoms with van der Waals surface area (Å²) in [4.78, 5) is 13.6. The van der Waals surface area contributed by atoms with Crippen molar-refractivity contribution >= 4 is 5.91 Å². The van der Waals surface area contributed by atoms with Gasteiger partial charge in [0.25, 0.3) is 5.91 Å². The number of aromatic amines is 1. The zero-order valence-corrected chi connectivity index (χ0v) is 14.0. The van der Waals surface area contributed by atoms with E-state index >= 15 is 0 Å². The van der Waals surface area contributed by atoms with Crippen LogP contribution in [0.1, 0.15) is 40.5 Å². The quantitative estimate of drug-likeness (QED) is 0.850. The number of nitrogens with zero attached hydrogens (tertiary/aromatic N) is 2. The Kier molecular flexibility index (Phi) is 5.15. The summed E-state index contributed by atoms with van der Waals surface area (Å²) in [6.45, 7) is 5.64. The summed E-state index contributed by atoms with van der Waals surface area (Å²) in [5, 5.41) is 6.94. The summed E-state index contributed by atoms with van der Waals surface area (Å²) in [6, 6.07) is 9.85. The second-order valence-electron chi connectivity index (χ2n) is 6.33. The van der Waals surface area contributed by atoms with Crippen LogP contribution in [0.3, 0.4) is 0 Å². The third kappa shape index (κ3) is 3.94. The number of rotatable bonds is 6. The summed E-state index contributed by atoms with van der Waals surface area (Å²) in [7, 11) is 0. The van der Waals surface area contributed by atoms with Crippen LogP contribution in [-0.4, -0.2) is 47.2 Å². The van der Waals surface area contributed by atoms with Crippen molar-refractivity contribution in [1.29, 1.82) is 0 Å². The first kappa shape index (κ1) is 16.5. The molecule has 0 spiro atoms. The smallest absolute Gasteiger partial charge is 0.269 e. The minimum Gasteiger partial charge on any atom is -0.492 e. The Labute approximate surface area is 142 Å². The minimum atomic E-state index is -0.489. The van der Waals surface area contributed by atoms with Crippen molar-refractivity contribution in [2.45, 2.75) is 25.7 Å². The fraction of sp³-hybridized carbons (Fsp3) is 0.444. The molecule has 3 rings (SSSR count). The van der Waals surface area contributed by atoms with E-state index in [2.05, 4.69) is 28.1 Å². The van der Waals surface area contributed by atoms with Crippen molar-refractivity contribution in [3.8, 4) is 5.75 Å². The van der Waals surface area contributed by atoms with Crippen molar-refractivity contribution in [1.82, 2.24) is 15.1 Å². The monoisotopic (exact) mass is 328 g/mol. The van der Waals surface area contributed by atoms with Crippen LogP contribution >= 0.6 is 0 Å². The van der Waals surface area contributed by atoms with Gasteiger partial charge in [-0.3, -0.25) is 14.8 Å². The predicted octanol–water partition coefficient (Wildman–Crippen LogP) is 2.08. The molecule has 1 aliphatic heterocycles. The first-order chi connectivity index (χ1) is 11.6. The predicted molar refractivity (Wildman–Crippen MR) is 92.2 cm³/mol. The van der Waals surface area contributed by atoms with E-state index in [1.54, 1.807) is 6.07 Å². The maximum Gasteiger partial charge on any atom is 0.269 e. The molecule has 128 valence electrons. The maximum atomic E-state index is 11.2. The first-order valence-electron chi connectivity index (χ1n) is 8.39. The molecule has 0 aliphatic carbocycles. The number of nitrogens with one attached hydrogen (secondary N) is 1. The van der Waals surface area contributed by atoms with E-state index < -0.39 is 5.91 Å². The van der Waals surface area contributed by atoms with Gasteiger partial charge in [0.15, 0.2) is 0 Å². The fourth-order valence-electron chi connectivity index (χ4n) is 3.19. The van der Waals surface area contributed by atoms with Crippen LogP contribution in [0.15, 0.2) is 30.3 Å². The van der Waals surface area contributed by atoms with Crippen molar-refractivity contribution in [2.75, 3.05) is 26.2 Å². The van der Waals surface area contributed by atoms with E-state index in [0.717, 1.165) is 49.5 Å². The Morgan fingerprint density at radius 3 is 3.04 bits per heavy atom. The molecule has 24 heavy (non-hydrogen) atoms. The molecular formula is C18H24N4O2. The number of aromatic nitrogens is 2. The summed E-state index contributed by atoms with van der Waals surface area (Å²) < 4.78 is 5.89. The lowest BCUT2D eigenvalue weighted by Crippen LogP contribution is -2.37. The van der Waals surface area contributed by atoms with Crippen LogP contribution in [0.2, 0.25) is 0 Å². The van der Waals surface area contributed by atoms with E-state index in [-0.39, 0.29) is 0 Å². The molecule has 6 heteroatoms. The molecule has 1 aliphatic rings. The van der Waals surface area contributed by atoms with E-state index in [1.165, 1.54) is 0 Å². The van der Waals surface area contributed by atoms with Gasteiger partial charge in [-0.05, 0) is 44.0 Å². The highest BCUT2D eigenvalue weighted by Crippen LogP contribution is 2.26. The Bertz CT molecular complexity index is 698. The zero-order valence-electron chi connectivity index (χ0n) is 14.0. The van der Waals surface area contributed by atoms with Crippen molar-refractivity contribution in [3.05, 3.63) is 47.3 Å². The molecule has 1 atom stereocenters. The number of carbonyl (C=O) groups is 1. The number of ether oxygens (including phenoxy) is 1. The lowest BCUT2D eigenvalue weighted by atomic mass is 9.94. The second-order valence-corrected chi connectivity index (χ2v) is 6.33. The number of likely N-dealkylation sites (tertiary alicyclic amines) is 1. The standard InChI is InChI=1S/C18H24N4O2/c1-13-5-2-3-7-17(13)24-10-9-22-8-4-6-14(12-22)15-11-16(18(19)23)21-20-15/h2-3,5,7,11,14H,4,6,8-10,12H2,1H3,(H2,19,23)(H,20,21). The third-order valence-electron chi connectivity index (χ3n) is 4.55. The van der Waals surface area contributed by atoms with Crippen molar-refractivity contribution in [3.63, 3.8) is 0 Å². The van der Waals surface area contributed by atoms with Gasteiger partial charge in [-0.25, -0.2) is 0 Å². The van der Waals surface area contributed by atoms with Gasteiger partial charge in [-0.15, -0.1) is 0 Å². The third-order valence-corrected chi connectivity index (χ3v) is 4.55. The molecule has 1 amide bonds. The Balaban J connectivity index is 1.52. The van der Waals surface area contributed by atoms with E-state index in [9.17, 15) is 4.79 Å². The van der Waals surface area contributed by atoms with Crippen LogP contribution < -0.4 is 10.5 Å². The van der Waals surface area contributed by atoms with Crippen molar-refractivity contribution in [2.24, 2.45) is 5.73 Å². The number of carbonyl (C=O) groups excluding carboxylic acids is 1. The maximum absolute atomic E-state index is 11.2. The lowest BCUT2D eigenvalue weighted by molar-refractivity contribution is 0.0995. The van der Waals surface area contributed by atoms with E-state index in [1.807, 2.05) is 18.2 Å². The highest BCUT2D eigenvalue weighted by atomic mass is 16.5. The summed E-state index contributed by atoms with van der Waals surface area (Å²) >= 11 is 0. The highest BCUT2D eigenvalue weighted by molar-refractivity contribution is 5.90. The molecule has 1 aromatic carbocycles. The van der Waals surface area contributed by atoms with E-state index in [0.29, 0.717) is 18.2 Å². The number of piperidine rings is 1. The van der Waals surface area contributed by atoms with Crippen molar-refractivity contribution < 1.29 is 9.53 Å². The van der Waals surface area contributed by atoms with Gasteiger partial charge >= 0.3 is 0 Å². The number of amides is 1. The normalized spacial score (nSPS) is 18.5. The molecule has 6 nitrogen and oxygen atoms in total. The molecular weight excluding hydrogens is 304 g/mol. The van der Waals surface area contributed by atoms with Crippen LogP contribution in [-0.2, 0) is 0 Å². The van der Waals surface area contributed by atoms with Crippen LogP contribution in [0.5, 0.6) is 5.75 Å². The number of hydrogen-bond acceptors (Lipinski definition) is 4. The Morgan fingerprint density at radius 1 is 1.46 bits per heavy atom. The van der Waals surface area contributed by atoms with Gasteiger partial charge in [0.05, 0.1) is 0 Å². The molecule has 2 aromatic rings. The average Bonchev–Trinajstić information content (AvgIpc) is 3.07. The van der Waals surface area contributed by atoms with Crippen LogP contribution in [0.25, 0.3) is 0 Å². The molecule has 1 fully saturated rings. The molecule has 1 saturated heterocycles. The molecule has 3 N–H and O–H groups in total. The average molecular weight is 328 g/mol. The largest absolute Gasteiger partial charge is 0.492 e. The highest BCUT2D eigenvalue weighted by Gasteiger charge is 2.23. The Hall–Kier alpha value is -2.34. The lowest BCUT2D eigenvalue weighted by Gasteiger charge is -2.32. The number of aryl methyl sites for hydroxylation is 1. The van der Waals surface area contributed by atoms with Crippen LogP contribution in [0, 0.1) is 6.92 Å². The number of primary amides is 1. The molecule has 0 radical (unpaired) electrons. The molecule has 2 heterocycles. The number of para-hydroxylation sites is 1.